The van der Waals surface area contributed by atoms with Crippen LogP contribution in [0.1, 0.15) is 23.7 Å². The van der Waals surface area contributed by atoms with Gasteiger partial charge in [0.25, 0.3) is 0 Å². The van der Waals surface area contributed by atoms with Crippen molar-refractivity contribution in [1.29, 1.82) is 0 Å². The number of hydrogen-bond acceptors (Lipinski definition) is 5. The highest BCUT2D eigenvalue weighted by atomic mass is 32.2. The van der Waals surface area contributed by atoms with E-state index in [1.54, 1.807) is 31.2 Å². The van der Waals surface area contributed by atoms with Crippen LogP contribution in [0.3, 0.4) is 0 Å². The maximum atomic E-state index is 12.3. The summed E-state index contributed by atoms with van der Waals surface area (Å²) in [6.07, 6.45) is 0.0600. The summed E-state index contributed by atoms with van der Waals surface area (Å²) < 4.78 is 4.92. The zero-order chi connectivity index (χ0) is 18.5. The number of rotatable bonds is 5. The molecule has 0 radical (unpaired) electrons. The zero-order valence-electron chi connectivity index (χ0n) is 14.2. The van der Waals surface area contributed by atoms with Gasteiger partial charge in [0.1, 0.15) is 0 Å². The number of amides is 2. The number of esters is 1. The molecular formula is C19H18N2O4S. The summed E-state index contributed by atoms with van der Waals surface area (Å²) in [7, 11) is 0. The summed E-state index contributed by atoms with van der Waals surface area (Å²) in [5.74, 6) is -0.846. The third kappa shape index (κ3) is 4.23. The van der Waals surface area contributed by atoms with Crippen molar-refractivity contribution in [3.05, 3.63) is 54.1 Å². The number of nitrogens with one attached hydrogen (secondary N) is 2. The summed E-state index contributed by atoms with van der Waals surface area (Å²) >= 11 is 1.38. The van der Waals surface area contributed by atoms with Crippen LogP contribution in [0.4, 0.5) is 11.4 Å². The molecule has 3 rings (SSSR count). The van der Waals surface area contributed by atoms with Gasteiger partial charge in [-0.3, -0.25) is 9.59 Å². The van der Waals surface area contributed by atoms with Crippen molar-refractivity contribution in [2.75, 3.05) is 17.2 Å². The molecule has 1 atom stereocenters. The Balaban J connectivity index is 1.59. The quantitative estimate of drug-likeness (QED) is 0.789. The predicted octanol–water partition coefficient (Wildman–Crippen LogP) is 3.30. The first-order valence-corrected chi connectivity index (χ1v) is 9.08. The minimum atomic E-state index is -0.483. The standard InChI is InChI=1S/C19H18N2O4S/c1-2-25-19(24)12-7-9-13(10-8-12)20-17(22)11-16-18(23)21-14-5-3-4-6-15(14)26-16/h3-10,16H,2,11H2,1H3,(H,20,22)(H,21,23). The highest BCUT2D eigenvalue weighted by Crippen LogP contribution is 2.36. The van der Waals surface area contributed by atoms with Gasteiger partial charge in [0.15, 0.2) is 0 Å². The van der Waals surface area contributed by atoms with Gasteiger partial charge in [-0.2, -0.15) is 0 Å². The van der Waals surface area contributed by atoms with Gasteiger partial charge in [-0.1, -0.05) is 12.1 Å². The molecule has 0 spiro atoms. The van der Waals surface area contributed by atoms with Crippen LogP contribution >= 0.6 is 11.8 Å². The van der Waals surface area contributed by atoms with Gasteiger partial charge in [-0.15, -0.1) is 11.8 Å². The zero-order valence-corrected chi connectivity index (χ0v) is 15.0. The van der Waals surface area contributed by atoms with E-state index in [1.165, 1.54) is 11.8 Å². The van der Waals surface area contributed by atoms with Crippen molar-refractivity contribution in [3.63, 3.8) is 0 Å². The van der Waals surface area contributed by atoms with E-state index >= 15 is 0 Å². The Labute approximate surface area is 155 Å². The second-order valence-electron chi connectivity index (χ2n) is 5.64. The summed E-state index contributed by atoms with van der Waals surface area (Å²) in [5.41, 5.74) is 1.75. The highest BCUT2D eigenvalue weighted by Gasteiger charge is 2.28. The Morgan fingerprint density at radius 2 is 1.88 bits per heavy atom. The monoisotopic (exact) mass is 370 g/mol. The van der Waals surface area contributed by atoms with Crippen molar-refractivity contribution in [2.24, 2.45) is 0 Å². The van der Waals surface area contributed by atoms with E-state index in [0.29, 0.717) is 17.9 Å². The number of fused-ring (bicyclic) bond motifs is 1. The Morgan fingerprint density at radius 3 is 2.62 bits per heavy atom. The molecule has 2 aromatic carbocycles. The summed E-state index contributed by atoms with van der Waals surface area (Å²) in [5, 5.41) is 5.08. The third-order valence-electron chi connectivity index (χ3n) is 3.76. The maximum absolute atomic E-state index is 12.3. The Morgan fingerprint density at radius 1 is 1.15 bits per heavy atom. The van der Waals surface area contributed by atoms with E-state index in [2.05, 4.69) is 10.6 Å². The van der Waals surface area contributed by atoms with Crippen LogP contribution < -0.4 is 10.6 Å². The molecule has 1 aliphatic rings. The molecule has 1 aliphatic heterocycles. The van der Waals surface area contributed by atoms with Gasteiger partial charge < -0.3 is 15.4 Å². The van der Waals surface area contributed by atoms with Gasteiger partial charge in [0.05, 0.1) is 23.1 Å². The van der Waals surface area contributed by atoms with Crippen molar-refractivity contribution < 1.29 is 19.1 Å². The van der Waals surface area contributed by atoms with Crippen LogP contribution in [0.25, 0.3) is 0 Å². The van der Waals surface area contributed by atoms with E-state index in [-0.39, 0.29) is 18.2 Å². The normalized spacial score (nSPS) is 15.6. The van der Waals surface area contributed by atoms with Gasteiger partial charge in [0, 0.05) is 17.0 Å². The molecule has 0 saturated heterocycles. The van der Waals surface area contributed by atoms with Gasteiger partial charge in [-0.25, -0.2) is 4.79 Å². The van der Waals surface area contributed by atoms with E-state index < -0.39 is 11.2 Å². The maximum Gasteiger partial charge on any atom is 0.338 e. The number of para-hydroxylation sites is 1. The minimum Gasteiger partial charge on any atom is -0.462 e. The molecule has 0 fully saturated rings. The minimum absolute atomic E-state index is 0.0600. The summed E-state index contributed by atoms with van der Waals surface area (Å²) in [6.45, 7) is 2.05. The molecule has 2 amide bonds. The van der Waals surface area contributed by atoms with Crippen LogP contribution in [0.2, 0.25) is 0 Å². The van der Waals surface area contributed by atoms with Gasteiger partial charge >= 0.3 is 5.97 Å². The molecule has 0 aliphatic carbocycles. The molecule has 26 heavy (non-hydrogen) atoms. The molecule has 2 aromatic rings. The molecule has 1 heterocycles. The molecule has 1 unspecified atom stereocenters. The van der Waals surface area contributed by atoms with Crippen molar-refractivity contribution in [3.8, 4) is 0 Å². The fourth-order valence-corrected chi connectivity index (χ4v) is 3.62. The summed E-state index contributed by atoms with van der Waals surface area (Å²) in [6, 6.07) is 13.9. The Hall–Kier alpha value is -2.80. The fourth-order valence-electron chi connectivity index (χ4n) is 2.51. The molecular weight excluding hydrogens is 352 g/mol. The van der Waals surface area contributed by atoms with Crippen LogP contribution in [0.15, 0.2) is 53.4 Å². The van der Waals surface area contributed by atoms with Crippen LogP contribution in [0.5, 0.6) is 0 Å². The van der Waals surface area contributed by atoms with Crippen LogP contribution in [-0.2, 0) is 14.3 Å². The summed E-state index contributed by atoms with van der Waals surface area (Å²) in [4.78, 5) is 37.0. The molecule has 0 saturated carbocycles. The topological polar surface area (TPSA) is 84.5 Å². The second kappa shape index (κ2) is 8.05. The van der Waals surface area contributed by atoms with Crippen LogP contribution in [0, 0.1) is 0 Å². The molecule has 7 heteroatoms. The lowest BCUT2D eigenvalue weighted by molar-refractivity contribution is -0.120. The predicted molar refractivity (Wildman–Crippen MR) is 100 cm³/mol. The number of hydrogen-bond donors (Lipinski definition) is 2. The average molecular weight is 370 g/mol. The first-order chi connectivity index (χ1) is 12.6. The molecule has 134 valence electrons. The van der Waals surface area contributed by atoms with E-state index in [1.807, 2.05) is 24.3 Å². The Kier molecular flexibility index (Phi) is 5.58. The third-order valence-corrected chi connectivity index (χ3v) is 5.03. The number of anilines is 2. The SMILES string of the molecule is CCOC(=O)c1ccc(NC(=O)CC2Sc3ccccc3NC2=O)cc1. The van der Waals surface area contributed by atoms with E-state index in [0.717, 1.165) is 10.6 Å². The lowest BCUT2D eigenvalue weighted by Gasteiger charge is -2.23. The van der Waals surface area contributed by atoms with Crippen molar-refractivity contribution in [2.45, 2.75) is 23.5 Å². The lowest BCUT2D eigenvalue weighted by Crippen LogP contribution is -2.32. The lowest BCUT2D eigenvalue weighted by atomic mass is 10.2. The number of carbonyl (C=O) groups is 3. The molecule has 0 bridgehead atoms. The number of benzene rings is 2. The molecule has 0 aromatic heterocycles. The first-order valence-electron chi connectivity index (χ1n) is 8.20. The number of carbonyl (C=O) groups excluding carboxylic acids is 3. The smallest absolute Gasteiger partial charge is 0.338 e. The largest absolute Gasteiger partial charge is 0.462 e. The van der Waals surface area contributed by atoms with Crippen molar-refractivity contribution >= 4 is 40.9 Å². The van der Waals surface area contributed by atoms with E-state index in [9.17, 15) is 14.4 Å². The van der Waals surface area contributed by atoms with Crippen molar-refractivity contribution in [1.82, 2.24) is 0 Å². The first kappa shape index (κ1) is 18.0. The van der Waals surface area contributed by atoms with Crippen LogP contribution in [-0.4, -0.2) is 29.6 Å². The molecule has 6 nitrogen and oxygen atoms in total. The molecule has 2 N–H and O–H groups in total. The number of thioether (sulfide) groups is 1. The highest BCUT2D eigenvalue weighted by molar-refractivity contribution is 8.01. The fraction of sp³-hybridized carbons (Fsp3) is 0.211. The van der Waals surface area contributed by atoms with Gasteiger partial charge in [-0.05, 0) is 43.3 Å². The van der Waals surface area contributed by atoms with E-state index in [4.69, 9.17) is 4.74 Å². The number of ether oxygens (including phenoxy) is 1. The van der Waals surface area contributed by atoms with Gasteiger partial charge in [0.2, 0.25) is 11.8 Å². The average Bonchev–Trinajstić information content (AvgIpc) is 2.63. The second-order valence-corrected chi connectivity index (χ2v) is 6.89. The Bertz CT molecular complexity index is 836.